The van der Waals surface area contributed by atoms with Crippen LogP contribution in [0.3, 0.4) is 0 Å². The van der Waals surface area contributed by atoms with Crippen molar-refractivity contribution >= 4 is 11.6 Å². The van der Waals surface area contributed by atoms with Gasteiger partial charge in [0.05, 0.1) is 12.2 Å². The second-order valence-electron chi connectivity index (χ2n) is 6.68. The number of aromatic nitrogens is 3. The van der Waals surface area contributed by atoms with Gasteiger partial charge in [-0.05, 0) is 37.0 Å². The van der Waals surface area contributed by atoms with Crippen LogP contribution in [0, 0.1) is 0 Å². The van der Waals surface area contributed by atoms with Crippen molar-refractivity contribution in [2.45, 2.75) is 56.5 Å². The third kappa shape index (κ3) is 3.67. The Morgan fingerprint density at radius 2 is 2.12 bits per heavy atom. The highest BCUT2D eigenvalue weighted by molar-refractivity contribution is 6.30. The number of hydrogen-bond donors (Lipinski definition) is 0. The third-order valence-electron chi connectivity index (χ3n) is 4.76. The van der Waals surface area contributed by atoms with Crippen molar-refractivity contribution in [2.24, 2.45) is 0 Å². The largest absolute Gasteiger partial charge is 0.408 e. The highest BCUT2D eigenvalue weighted by Gasteiger charge is 2.44. The second kappa shape index (κ2) is 6.29. The minimum atomic E-state index is -4.34. The minimum Gasteiger partial charge on any atom is -0.374 e. The minimum absolute atomic E-state index is 0.0415. The van der Waals surface area contributed by atoms with Crippen LogP contribution in [0.15, 0.2) is 24.3 Å². The fourth-order valence-electron chi connectivity index (χ4n) is 3.78. The quantitative estimate of drug-likeness (QED) is 0.811. The molecule has 134 valence electrons. The lowest BCUT2D eigenvalue weighted by Gasteiger charge is -2.19. The van der Waals surface area contributed by atoms with E-state index in [-0.39, 0.29) is 18.1 Å². The van der Waals surface area contributed by atoms with Crippen LogP contribution in [0.2, 0.25) is 5.02 Å². The summed E-state index contributed by atoms with van der Waals surface area (Å²) in [5, 5.41) is 4.71. The Morgan fingerprint density at radius 3 is 2.76 bits per heavy atom. The van der Waals surface area contributed by atoms with Crippen LogP contribution in [-0.2, 0) is 17.7 Å². The van der Waals surface area contributed by atoms with Gasteiger partial charge in [0.25, 0.3) is 0 Å². The van der Waals surface area contributed by atoms with E-state index in [0.717, 1.165) is 29.5 Å². The summed E-state index contributed by atoms with van der Waals surface area (Å²) in [4.78, 5) is 4.45. The van der Waals surface area contributed by atoms with Gasteiger partial charge in [0.2, 0.25) is 0 Å². The predicted octanol–water partition coefficient (Wildman–Crippen LogP) is 4.12. The molecular formula is C17H17ClF3N3O. The first-order valence-corrected chi connectivity index (χ1v) is 8.65. The predicted molar refractivity (Wildman–Crippen MR) is 85.6 cm³/mol. The smallest absolute Gasteiger partial charge is 0.374 e. The van der Waals surface area contributed by atoms with Gasteiger partial charge < -0.3 is 4.74 Å². The van der Waals surface area contributed by atoms with E-state index in [1.165, 1.54) is 0 Å². The zero-order valence-corrected chi connectivity index (χ0v) is 14.1. The van der Waals surface area contributed by atoms with E-state index in [0.29, 0.717) is 23.1 Å². The monoisotopic (exact) mass is 371 g/mol. The number of benzene rings is 1. The Hall–Kier alpha value is -1.60. The number of hydrogen-bond acceptors (Lipinski definition) is 3. The maximum absolute atomic E-state index is 12.9. The van der Waals surface area contributed by atoms with Gasteiger partial charge in [0.1, 0.15) is 12.4 Å². The van der Waals surface area contributed by atoms with Crippen LogP contribution in [0.5, 0.6) is 0 Å². The molecule has 0 radical (unpaired) electrons. The molecule has 0 saturated carbocycles. The van der Waals surface area contributed by atoms with Crippen molar-refractivity contribution < 1.29 is 17.9 Å². The normalized spacial score (nSPS) is 25.7. The van der Waals surface area contributed by atoms with E-state index in [1.54, 1.807) is 18.2 Å². The average molecular weight is 372 g/mol. The standard InChI is InChI=1S/C17H17ClF3N3O/c18-11-3-1-2-10(6-11)7-15-22-16(24(23-15)9-17(19,20)21)13-8-12-4-5-14(13)25-12/h1-3,6,12-14H,4-5,7-9H2/t12-,13+,14+/m0/s1. The molecule has 8 heteroatoms. The first-order chi connectivity index (χ1) is 11.9. The summed E-state index contributed by atoms with van der Waals surface area (Å²) in [6, 6.07) is 7.18. The number of nitrogens with zero attached hydrogens (tertiary/aromatic N) is 3. The Balaban J connectivity index is 1.63. The Kier molecular flexibility index (Phi) is 4.24. The highest BCUT2D eigenvalue weighted by atomic mass is 35.5. The number of rotatable bonds is 4. The average Bonchev–Trinajstić information content (AvgIpc) is 3.21. The molecule has 3 atom stereocenters. The summed E-state index contributed by atoms with van der Waals surface area (Å²) in [7, 11) is 0. The van der Waals surface area contributed by atoms with Crippen molar-refractivity contribution in [3.05, 3.63) is 46.5 Å². The van der Waals surface area contributed by atoms with E-state index in [9.17, 15) is 13.2 Å². The maximum Gasteiger partial charge on any atom is 0.408 e. The molecule has 0 spiro atoms. The van der Waals surface area contributed by atoms with Crippen LogP contribution in [0.1, 0.15) is 42.4 Å². The Bertz CT molecular complexity index is 777. The summed E-state index contributed by atoms with van der Waals surface area (Å²) in [5.41, 5.74) is 0.868. The molecule has 2 bridgehead atoms. The zero-order valence-electron chi connectivity index (χ0n) is 13.3. The molecule has 4 rings (SSSR count). The van der Waals surface area contributed by atoms with Gasteiger partial charge in [-0.15, -0.1) is 0 Å². The lowest BCUT2D eigenvalue weighted by Crippen LogP contribution is -2.25. The fourth-order valence-corrected chi connectivity index (χ4v) is 3.99. The lowest BCUT2D eigenvalue weighted by atomic mass is 9.88. The van der Waals surface area contributed by atoms with E-state index in [4.69, 9.17) is 16.3 Å². The van der Waals surface area contributed by atoms with Gasteiger partial charge >= 0.3 is 6.18 Å². The van der Waals surface area contributed by atoms with Crippen LogP contribution in [0.25, 0.3) is 0 Å². The number of halogens is 4. The Labute approximate surface area is 148 Å². The number of alkyl halides is 3. The van der Waals surface area contributed by atoms with Gasteiger partial charge in [0.15, 0.2) is 5.82 Å². The van der Waals surface area contributed by atoms with Crippen LogP contribution in [-0.4, -0.2) is 33.1 Å². The van der Waals surface area contributed by atoms with Crippen LogP contribution in [0.4, 0.5) is 13.2 Å². The van der Waals surface area contributed by atoms with Crippen LogP contribution < -0.4 is 0 Å². The molecule has 25 heavy (non-hydrogen) atoms. The Morgan fingerprint density at radius 1 is 1.28 bits per heavy atom. The molecule has 2 fully saturated rings. The van der Waals surface area contributed by atoms with E-state index in [1.807, 2.05) is 6.07 Å². The number of fused-ring (bicyclic) bond motifs is 2. The van der Waals surface area contributed by atoms with Crippen molar-refractivity contribution in [1.82, 2.24) is 14.8 Å². The molecule has 0 aliphatic carbocycles. The molecule has 0 amide bonds. The van der Waals surface area contributed by atoms with Gasteiger partial charge in [-0.25, -0.2) is 9.67 Å². The molecule has 1 aromatic heterocycles. The van der Waals surface area contributed by atoms with Crippen LogP contribution >= 0.6 is 11.6 Å². The molecule has 3 heterocycles. The topological polar surface area (TPSA) is 39.9 Å². The third-order valence-corrected chi connectivity index (χ3v) is 5.00. The molecule has 0 unspecified atom stereocenters. The lowest BCUT2D eigenvalue weighted by molar-refractivity contribution is -0.143. The molecular weight excluding hydrogens is 355 g/mol. The summed E-state index contributed by atoms with van der Waals surface area (Å²) >= 11 is 5.97. The van der Waals surface area contributed by atoms with E-state index >= 15 is 0 Å². The van der Waals surface area contributed by atoms with Crippen molar-refractivity contribution in [1.29, 1.82) is 0 Å². The zero-order chi connectivity index (χ0) is 17.6. The molecule has 2 aliphatic rings. The van der Waals surface area contributed by atoms with Crippen molar-refractivity contribution in [3.63, 3.8) is 0 Å². The summed E-state index contributed by atoms with van der Waals surface area (Å²) in [5.74, 6) is 0.660. The first kappa shape index (κ1) is 16.8. The van der Waals surface area contributed by atoms with Crippen molar-refractivity contribution in [3.8, 4) is 0 Å². The SMILES string of the molecule is FC(F)(F)Cn1nc(Cc2cccc(Cl)c2)nc1[C@@H]1C[C@@H]2CC[C@H]1O2. The highest BCUT2D eigenvalue weighted by Crippen LogP contribution is 2.44. The number of ether oxygens (including phenoxy) is 1. The molecule has 4 nitrogen and oxygen atoms in total. The van der Waals surface area contributed by atoms with Gasteiger partial charge in [-0.3, -0.25) is 0 Å². The van der Waals surface area contributed by atoms with Gasteiger partial charge in [-0.1, -0.05) is 23.7 Å². The molecule has 2 saturated heterocycles. The summed E-state index contributed by atoms with van der Waals surface area (Å²) < 4.78 is 45.6. The maximum atomic E-state index is 12.9. The molecule has 2 aromatic rings. The van der Waals surface area contributed by atoms with Gasteiger partial charge in [-0.2, -0.15) is 18.3 Å². The molecule has 1 aromatic carbocycles. The van der Waals surface area contributed by atoms with Crippen molar-refractivity contribution in [2.75, 3.05) is 0 Å². The summed E-state index contributed by atoms with van der Waals surface area (Å²) in [6.07, 6.45) is -1.32. The molecule has 0 N–H and O–H groups in total. The van der Waals surface area contributed by atoms with Gasteiger partial charge in [0, 0.05) is 17.4 Å². The fraction of sp³-hybridized carbons (Fsp3) is 0.529. The molecule has 2 aliphatic heterocycles. The second-order valence-corrected chi connectivity index (χ2v) is 7.12. The van der Waals surface area contributed by atoms with E-state index < -0.39 is 12.7 Å². The van der Waals surface area contributed by atoms with E-state index in [2.05, 4.69) is 10.1 Å². The summed E-state index contributed by atoms with van der Waals surface area (Å²) in [6.45, 7) is -1.13. The first-order valence-electron chi connectivity index (χ1n) is 8.28.